The first kappa shape index (κ1) is 50.6. The number of aromatic nitrogens is 4. The van der Waals surface area contributed by atoms with E-state index in [2.05, 4.69) is 30.2 Å². The van der Waals surface area contributed by atoms with Crippen LogP contribution in [0.1, 0.15) is 51.0 Å². The van der Waals surface area contributed by atoms with Gasteiger partial charge in [-0.05, 0) is 108 Å². The van der Waals surface area contributed by atoms with Crippen molar-refractivity contribution < 1.29 is 23.1 Å². The molecule has 0 aliphatic carbocycles. The fourth-order valence-electron chi connectivity index (χ4n) is 8.47. The van der Waals surface area contributed by atoms with Crippen molar-refractivity contribution >= 4 is 49.8 Å². The first-order valence-corrected chi connectivity index (χ1v) is 23.8. The highest BCUT2D eigenvalue weighted by Gasteiger charge is 2.15. The van der Waals surface area contributed by atoms with Crippen LogP contribution < -0.4 is 36.8 Å². The first-order chi connectivity index (χ1) is 35.7. The number of hydrogen-bond donors (Lipinski definition) is 3. The smallest absolute Gasteiger partial charge is 0.248 e. The van der Waals surface area contributed by atoms with Crippen LogP contribution in [-0.4, -0.2) is 58.4 Å². The minimum atomic E-state index is -0.285. The van der Waals surface area contributed by atoms with Crippen molar-refractivity contribution in [1.82, 2.24) is 30.2 Å². The van der Waals surface area contributed by atoms with Gasteiger partial charge in [0.25, 0.3) is 0 Å². The van der Waals surface area contributed by atoms with Gasteiger partial charge < -0.3 is 33.6 Å². The van der Waals surface area contributed by atoms with Crippen LogP contribution in [0, 0.1) is 0 Å². The van der Waals surface area contributed by atoms with Gasteiger partial charge in [0.1, 0.15) is 17.4 Å². The van der Waals surface area contributed by atoms with Crippen LogP contribution in [0.4, 0.5) is 0 Å². The Morgan fingerprint density at radius 2 is 1.15 bits per heavy atom. The number of pyridine rings is 4. The standard InChI is InChI=1S/C29H27N3O4.C15H19N3O2.C14H8O3/c1-35-27-16-21(11-13-31-27)17-32(14-4-5-20-10-12-30-26(33)15-20)18-23-19-36-29-24-7-3-2-6-22(24)8-9-25(29)28(23)34;1-20-15-10-13(5-8-18-15)11-16-6-2-3-12-4-7-17-14(19)9-12;15-7-10-8-17-14-11-4-2-1-3-9(11)5-6-12(14)13(10)16/h2-3,6-13,15-16,19H,4-5,14,17-18H2,1H3,(H,30,33);4-5,7-10,16H,2-3,6,11H2,1H3,(H,17,19);1-8H. The topological polar surface area (TPSA) is 203 Å². The van der Waals surface area contributed by atoms with Crippen molar-refractivity contribution in [2.75, 3.05) is 27.3 Å². The summed E-state index contributed by atoms with van der Waals surface area (Å²) in [6.45, 7) is 3.47. The first-order valence-electron chi connectivity index (χ1n) is 23.8. The van der Waals surface area contributed by atoms with Gasteiger partial charge in [-0.1, -0.05) is 60.7 Å². The molecule has 0 saturated heterocycles. The second-order valence-electron chi connectivity index (χ2n) is 17.2. The fraction of sp³-hybridized carbons (Fsp3) is 0.190. The average molecular weight is 979 g/mol. The summed E-state index contributed by atoms with van der Waals surface area (Å²) in [7, 11) is 3.20. The molecular formula is C58H54N6O9. The average Bonchev–Trinajstić information content (AvgIpc) is 3.42. The van der Waals surface area contributed by atoms with Crippen LogP contribution in [0.25, 0.3) is 43.5 Å². The minimum absolute atomic E-state index is 0.0195. The van der Waals surface area contributed by atoms with E-state index in [0.717, 1.165) is 89.1 Å². The summed E-state index contributed by atoms with van der Waals surface area (Å²) in [4.78, 5) is 74.5. The van der Waals surface area contributed by atoms with E-state index in [1.165, 1.54) is 6.26 Å². The molecule has 3 N–H and O–H groups in total. The fourth-order valence-corrected chi connectivity index (χ4v) is 8.47. The van der Waals surface area contributed by atoms with Gasteiger partial charge in [-0.15, -0.1) is 0 Å². The summed E-state index contributed by atoms with van der Waals surface area (Å²) in [6, 6.07) is 37.7. The molecule has 0 aliphatic rings. The summed E-state index contributed by atoms with van der Waals surface area (Å²) >= 11 is 0. The van der Waals surface area contributed by atoms with Crippen molar-refractivity contribution in [3.8, 4) is 11.8 Å². The number of H-pyrrole nitrogens is 2. The zero-order valence-electron chi connectivity index (χ0n) is 40.5. The third kappa shape index (κ3) is 13.3. The number of aromatic amines is 2. The lowest BCUT2D eigenvalue weighted by molar-refractivity contribution is 0.112. The summed E-state index contributed by atoms with van der Waals surface area (Å²) in [5.41, 5.74) is 5.59. The third-order valence-electron chi connectivity index (χ3n) is 12.1. The van der Waals surface area contributed by atoms with Crippen molar-refractivity contribution in [2.45, 2.75) is 45.3 Å². The Balaban J connectivity index is 0.000000161. The Hall–Kier alpha value is -8.79. The van der Waals surface area contributed by atoms with Crippen molar-refractivity contribution in [2.24, 2.45) is 0 Å². The molecule has 73 heavy (non-hydrogen) atoms. The van der Waals surface area contributed by atoms with Crippen molar-refractivity contribution in [3.63, 3.8) is 0 Å². The number of methoxy groups -OCH3 is 2. The highest BCUT2D eigenvalue weighted by Crippen LogP contribution is 2.25. The normalized spacial score (nSPS) is 11.0. The molecule has 6 aromatic heterocycles. The molecule has 0 saturated carbocycles. The molecule has 370 valence electrons. The third-order valence-corrected chi connectivity index (χ3v) is 12.1. The molecule has 15 nitrogen and oxygen atoms in total. The molecule has 0 aliphatic heterocycles. The molecule has 4 aromatic carbocycles. The van der Waals surface area contributed by atoms with E-state index in [1.54, 1.807) is 63.5 Å². The van der Waals surface area contributed by atoms with Gasteiger partial charge >= 0.3 is 0 Å². The molecule has 0 spiro atoms. The SMILES string of the molecule is COc1cc(CN(CCCc2cc[nH]c(=O)c2)Cc2coc3c(ccc4ccccc43)c2=O)ccn1.COc1cc(CNCCCc2cc[nH]c(=O)c2)ccn1.O=Cc1coc2c(ccc3ccccc32)c1=O. The second kappa shape index (κ2) is 24.9. The second-order valence-corrected chi connectivity index (χ2v) is 17.2. The van der Waals surface area contributed by atoms with Crippen LogP contribution in [0.15, 0.2) is 187 Å². The molecule has 6 heterocycles. The number of carbonyl (C=O) groups excluding carboxylic acids is 1. The highest BCUT2D eigenvalue weighted by molar-refractivity contribution is 6.05. The summed E-state index contributed by atoms with van der Waals surface area (Å²) in [6.07, 6.45) is 13.6. The van der Waals surface area contributed by atoms with Gasteiger partial charge in [0.05, 0.1) is 36.8 Å². The van der Waals surface area contributed by atoms with Crippen LogP contribution in [-0.2, 0) is 32.5 Å². The van der Waals surface area contributed by atoms with Crippen LogP contribution in [0.5, 0.6) is 11.8 Å². The van der Waals surface area contributed by atoms with E-state index >= 15 is 0 Å². The lowest BCUT2D eigenvalue weighted by Gasteiger charge is -2.22. The Labute approximate surface area is 419 Å². The van der Waals surface area contributed by atoms with Crippen molar-refractivity contribution in [1.29, 1.82) is 0 Å². The lowest BCUT2D eigenvalue weighted by Crippen LogP contribution is -2.27. The van der Waals surface area contributed by atoms with Crippen LogP contribution >= 0.6 is 0 Å². The number of nitrogens with zero attached hydrogens (tertiary/aromatic N) is 3. The number of rotatable bonds is 17. The molecule has 0 fully saturated rings. The Morgan fingerprint density at radius 1 is 0.589 bits per heavy atom. The maximum atomic E-state index is 13.4. The number of aryl methyl sites for hydroxylation is 2. The highest BCUT2D eigenvalue weighted by atomic mass is 16.5. The molecule has 10 aromatic rings. The number of fused-ring (bicyclic) bond motifs is 6. The number of hydrogen-bond acceptors (Lipinski definition) is 13. The minimum Gasteiger partial charge on any atom is -0.481 e. The molecule has 0 amide bonds. The van der Waals surface area contributed by atoms with Gasteiger partial charge in [0.2, 0.25) is 28.3 Å². The van der Waals surface area contributed by atoms with E-state index in [-0.39, 0.29) is 27.5 Å². The summed E-state index contributed by atoms with van der Waals surface area (Å²) < 4.78 is 21.8. The Kier molecular flexibility index (Phi) is 17.2. The summed E-state index contributed by atoms with van der Waals surface area (Å²) in [5.74, 6) is 1.18. The van der Waals surface area contributed by atoms with Gasteiger partial charge in [0, 0.05) is 85.0 Å². The quantitative estimate of drug-likeness (QED) is 0.0444. The largest absolute Gasteiger partial charge is 0.481 e. The van der Waals surface area contributed by atoms with E-state index in [1.807, 2.05) is 103 Å². The number of nitrogens with one attached hydrogen (secondary N) is 3. The van der Waals surface area contributed by atoms with E-state index in [9.17, 15) is 24.0 Å². The van der Waals surface area contributed by atoms with Gasteiger partial charge in [-0.2, -0.15) is 0 Å². The number of aldehydes is 1. The Morgan fingerprint density at radius 3 is 1.75 bits per heavy atom. The summed E-state index contributed by atoms with van der Waals surface area (Å²) in [5, 5.41) is 8.23. The Bertz CT molecular complexity index is 3730. The number of benzene rings is 4. The molecule has 10 rings (SSSR count). The zero-order valence-corrected chi connectivity index (χ0v) is 40.5. The molecule has 0 bridgehead atoms. The lowest BCUT2D eigenvalue weighted by atomic mass is 10.1. The van der Waals surface area contributed by atoms with Crippen LogP contribution in [0.2, 0.25) is 0 Å². The van der Waals surface area contributed by atoms with Crippen LogP contribution in [0.3, 0.4) is 0 Å². The van der Waals surface area contributed by atoms with E-state index in [0.29, 0.717) is 58.6 Å². The molecule has 15 heteroatoms. The maximum absolute atomic E-state index is 13.4. The van der Waals surface area contributed by atoms with E-state index < -0.39 is 0 Å². The predicted octanol–water partition coefficient (Wildman–Crippen LogP) is 8.93. The number of carbonyl (C=O) groups is 1. The maximum Gasteiger partial charge on any atom is 0.248 e. The monoisotopic (exact) mass is 978 g/mol. The number of ether oxygens (including phenoxy) is 2. The molecular weight excluding hydrogens is 925 g/mol. The zero-order chi connectivity index (χ0) is 50.9. The van der Waals surface area contributed by atoms with Gasteiger partial charge in [-0.3, -0.25) is 28.9 Å². The van der Waals surface area contributed by atoms with E-state index in [4.69, 9.17) is 18.3 Å². The molecule has 0 radical (unpaired) electrons. The predicted molar refractivity (Wildman–Crippen MR) is 284 cm³/mol. The van der Waals surface area contributed by atoms with Gasteiger partial charge in [0.15, 0.2) is 11.7 Å². The van der Waals surface area contributed by atoms with Gasteiger partial charge in [-0.25, -0.2) is 9.97 Å². The van der Waals surface area contributed by atoms with Crippen molar-refractivity contribution in [3.05, 3.63) is 233 Å². The molecule has 0 atom stereocenters. The molecule has 0 unspecified atom stereocenters.